The van der Waals surface area contributed by atoms with Crippen LogP contribution in [0.1, 0.15) is 67.9 Å². The average molecular weight is 264 g/mol. The van der Waals surface area contributed by atoms with Gasteiger partial charge in [-0.2, -0.15) is 0 Å². The number of hydrogen-bond donors (Lipinski definition) is 2. The summed E-state index contributed by atoms with van der Waals surface area (Å²) in [5, 5.41) is 19.3. The number of benzene rings is 1. The molecule has 106 valence electrons. The normalized spacial score (nSPS) is 11.6. The van der Waals surface area contributed by atoms with Crippen molar-refractivity contribution in [3.63, 3.8) is 0 Å². The fraction of sp³-hybridized carbons (Fsp3) is 0.562. The summed E-state index contributed by atoms with van der Waals surface area (Å²) in [6.07, 6.45) is 4.33. The van der Waals surface area contributed by atoms with Crippen LogP contribution < -0.4 is 0 Å². The van der Waals surface area contributed by atoms with Gasteiger partial charge in [-0.15, -0.1) is 0 Å². The van der Waals surface area contributed by atoms with Crippen molar-refractivity contribution in [1.82, 2.24) is 0 Å². The van der Waals surface area contributed by atoms with Gasteiger partial charge in [0, 0.05) is 5.56 Å². The van der Waals surface area contributed by atoms with Crippen LogP contribution >= 0.6 is 0 Å². The van der Waals surface area contributed by atoms with E-state index in [4.69, 9.17) is 5.11 Å². The summed E-state index contributed by atoms with van der Waals surface area (Å²) < 4.78 is 0. The third-order valence-corrected chi connectivity index (χ3v) is 3.68. The van der Waals surface area contributed by atoms with E-state index in [1.807, 2.05) is 0 Å². The first-order chi connectivity index (χ1) is 8.79. The molecule has 0 fully saturated rings. The first kappa shape index (κ1) is 15.5. The van der Waals surface area contributed by atoms with Crippen molar-refractivity contribution in [3.8, 4) is 5.75 Å². The Bertz CT molecular complexity index is 461. The van der Waals surface area contributed by atoms with Gasteiger partial charge in [0.2, 0.25) is 0 Å². The number of unbranched alkanes of at least 4 members (excludes halogenated alkanes) is 2. The molecule has 3 nitrogen and oxygen atoms in total. The van der Waals surface area contributed by atoms with Crippen molar-refractivity contribution in [1.29, 1.82) is 0 Å². The second-order valence-corrected chi connectivity index (χ2v) is 5.84. The Morgan fingerprint density at radius 1 is 1.26 bits per heavy atom. The van der Waals surface area contributed by atoms with Crippen molar-refractivity contribution in [3.05, 3.63) is 28.8 Å². The number of aryl methyl sites for hydroxylation is 1. The number of carboxylic acid groups (broad SMARTS) is 1. The van der Waals surface area contributed by atoms with Crippen LogP contribution in [0.15, 0.2) is 12.1 Å². The molecule has 0 atom stereocenters. The van der Waals surface area contributed by atoms with Crippen LogP contribution in [0, 0.1) is 6.92 Å². The van der Waals surface area contributed by atoms with Gasteiger partial charge in [0.05, 0.1) is 5.56 Å². The summed E-state index contributed by atoms with van der Waals surface area (Å²) in [6, 6.07) is 3.12. The first-order valence-electron chi connectivity index (χ1n) is 6.87. The monoisotopic (exact) mass is 264 g/mol. The number of carboxylic acids is 1. The average Bonchev–Trinajstić information content (AvgIpc) is 2.32. The zero-order chi connectivity index (χ0) is 14.6. The lowest BCUT2D eigenvalue weighted by Gasteiger charge is -2.27. The summed E-state index contributed by atoms with van der Waals surface area (Å²) in [5.74, 6) is -0.722. The number of phenols is 1. The molecule has 0 aliphatic heterocycles. The van der Waals surface area contributed by atoms with Crippen LogP contribution in [0.4, 0.5) is 0 Å². The third kappa shape index (κ3) is 3.72. The van der Waals surface area contributed by atoms with Gasteiger partial charge in [-0.05, 0) is 36.5 Å². The van der Waals surface area contributed by atoms with Gasteiger partial charge in [-0.3, -0.25) is 0 Å². The molecule has 1 rings (SSSR count). The lowest BCUT2D eigenvalue weighted by Crippen LogP contribution is -2.18. The van der Waals surface area contributed by atoms with Crippen molar-refractivity contribution >= 4 is 5.97 Å². The minimum absolute atomic E-state index is 0.213. The highest BCUT2D eigenvalue weighted by molar-refractivity contribution is 5.88. The molecular formula is C16H24O3. The van der Waals surface area contributed by atoms with Crippen molar-refractivity contribution < 1.29 is 15.0 Å². The van der Waals surface area contributed by atoms with Gasteiger partial charge in [0.15, 0.2) is 0 Å². The summed E-state index contributed by atoms with van der Waals surface area (Å²) in [5.41, 5.74) is 1.39. The van der Waals surface area contributed by atoms with Gasteiger partial charge in [-0.25, -0.2) is 4.79 Å². The molecule has 0 saturated carbocycles. The fourth-order valence-electron chi connectivity index (χ4n) is 2.37. The number of phenolic OH excluding ortho intramolecular Hbond substituents is 1. The van der Waals surface area contributed by atoms with Gasteiger partial charge >= 0.3 is 5.97 Å². The van der Waals surface area contributed by atoms with Crippen molar-refractivity contribution in [2.24, 2.45) is 0 Å². The standard InChI is InChI=1S/C16H24O3/c1-5-6-7-8-16(3,4)13-10-12(15(18)19)9-11(2)14(13)17/h9-10,17H,5-8H2,1-4H3,(H,18,19). The van der Waals surface area contributed by atoms with E-state index in [9.17, 15) is 9.90 Å². The summed E-state index contributed by atoms with van der Waals surface area (Å²) in [6.45, 7) is 8.01. The van der Waals surface area contributed by atoms with E-state index in [-0.39, 0.29) is 16.7 Å². The number of carbonyl (C=O) groups is 1. The molecule has 19 heavy (non-hydrogen) atoms. The van der Waals surface area contributed by atoms with E-state index in [0.29, 0.717) is 5.56 Å². The van der Waals surface area contributed by atoms with Crippen LogP contribution in [0.5, 0.6) is 5.75 Å². The molecular weight excluding hydrogens is 240 g/mol. The Morgan fingerprint density at radius 2 is 1.89 bits per heavy atom. The van der Waals surface area contributed by atoms with Crippen molar-refractivity contribution in [2.45, 2.75) is 58.8 Å². The molecule has 0 amide bonds. The van der Waals surface area contributed by atoms with E-state index < -0.39 is 5.97 Å². The Labute approximate surface area is 115 Å². The van der Waals surface area contributed by atoms with Crippen LogP contribution in [-0.2, 0) is 5.41 Å². The SMILES string of the molecule is CCCCCC(C)(C)c1cc(C(=O)O)cc(C)c1O. The molecule has 3 heteroatoms. The Kier molecular flexibility index (Phi) is 4.98. The van der Waals surface area contributed by atoms with Gasteiger partial charge < -0.3 is 10.2 Å². The summed E-state index contributed by atoms with van der Waals surface area (Å²) in [7, 11) is 0. The molecule has 2 N–H and O–H groups in total. The minimum atomic E-state index is -0.950. The van der Waals surface area contributed by atoms with Crippen LogP contribution in [0.25, 0.3) is 0 Å². The molecule has 0 saturated heterocycles. The topological polar surface area (TPSA) is 57.5 Å². The molecule has 1 aromatic rings. The van der Waals surface area contributed by atoms with E-state index in [1.165, 1.54) is 6.07 Å². The fourth-order valence-corrected chi connectivity index (χ4v) is 2.37. The quantitative estimate of drug-likeness (QED) is 0.755. The van der Waals surface area contributed by atoms with Crippen LogP contribution in [-0.4, -0.2) is 16.2 Å². The zero-order valence-electron chi connectivity index (χ0n) is 12.3. The highest BCUT2D eigenvalue weighted by Gasteiger charge is 2.25. The van der Waals surface area contributed by atoms with Gasteiger partial charge in [0.25, 0.3) is 0 Å². The second-order valence-electron chi connectivity index (χ2n) is 5.84. The smallest absolute Gasteiger partial charge is 0.335 e. The maximum absolute atomic E-state index is 11.1. The van der Waals surface area contributed by atoms with Gasteiger partial charge in [0.1, 0.15) is 5.75 Å². The lowest BCUT2D eigenvalue weighted by atomic mass is 9.78. The van der Waals surface area contributed by atoms with E-state index in [1.54, 1.807) is 13.0 Å². The molecule has 1 aromatic carbocycles. The molecule has 0 spiro atoms. The predicted molar refractivity (Wildman–Crippen MR) is 77.0 cm³/mol. The molecule has 0 aliphatic rings. The zero-order valence-corrected chi connectivity index (χ0v) is 12.3. The molecule has 0 aromatic heterocycles. The lowest BCUT2D eigenvalue weighted by molar-refractivity contribution is 0.0696. The Balaban J connectivity index is 3.13. The highest BCUT2D eigenvalue weighted by Crippen LogP contribution is 2.37. The number of rotatable bonds is 6. The molecule has 0 unspecified atom stereocenters. The number of aromatic carboxylic acids is 1. The van der Waals surface area contributed by atoms with E-state index >= 15 is 0 Å². The largest absolute Gasteiger partial charge is 0.507 e. The van der Waals surface area contributed by atoms with Crippen LogP contribution in [0.2, 0.25) is 0 Å². The van der Waals surface area contributed by atoms with E-state index in [2.05, 4.69) is 20.8 Å². The Hall–Kier alpha value is -1.51. The molecule has 0 bridgehead atoms. The van der Waals surface area contributed by atoms with Gasteiger partial charge in [-0.1, -0.05) is 40.0 Å². The number of aromatic hydroxyl groups is 1. The summed E-state index contributed by atoms with van der Waals surface area (Å²) in [4.78, 5) is 11.1. The number of hydrogen-bond acceptors (Lipinski definition) is 2. The van der Waals surface area contributed by atoms with Crippen molar-refractivity contribution in [2.75, 3.05) is 0 Å². The molecule has 0 heterocycles. The second kappa shape index (κ2) is 6.09. The maximum atomic E-state index is 11.1. The molecule has 0 radical (unpaired) electrons. The Morgan fingerprint density at radius 3 is 2.42 bits per heavy atom. The minimum Gasteiger partial charge on any atom is -0.507 e. The maximum Gasteiger partial charge on any atom is 0.335 e. The first-order valence-corrected chi connectivity index (χ1v) is 6.87. The van der Waals surface area contributed by atoms with Crippen LogP contribution in [0.3, 0.4) is 0 Å². The van der Waals surface area contributed by atoms with E-state index in [0.717, 1.165) is 31.2 Å². The summed E-state index contributed by atoms with van der Waals surface area (Å²) >= 11 is 0. The predicted octanol–water partition coefficient (Wildman–Crippen LogP) is 4.26. The third-order valence-electron chi connectivity index (χ3n) is 3.68. The highest BCUT2D eigenvalue weighted by atomic mass is 16.4. The molecule has 0 aliphatic carbocycles.